The van der Waals surface area contributed by atoms with Crippen LogP contribution in [0.25, 0.3) is 6.08 Å². The van der Waals surface area contributed by atoms with Crippen molar-refractivity contribution in [2.24, 2.45) is 4.99 Å². The minimum absolute atomic E-state index is 0.216. The lowest BCUT2D eigenvalue weighted by Crippen LogP contribution is -2.28. The van der Waals surface area contributed by atoms with Crippen LogP contribution in [0.3, 0.4) is 0 Å². The van der Waals surface area contributed by atoms with Gasteiger partial charge in [0.2, 0.25) is 0 Å². The number of halogens is 4. The van der Waals surface area contributed by atoms with Crippen molar-refractivity contribution in [3.8, 4) is 5.75 Å². The van der Waals surface area contributed by atoms with Gasteiger partial charge >= 0.3 is 0 Å². The monoisotopic (exact) mass is 610 g/mol. The number of hydrogen-bond donors (Lipinski definition) is 0. The summed E-state index contributed by atoms with van der Waals surface area (Å²) in [5, 5.41) is 2.06. The highest BCUT2D eigenvalue weighted by molar-refractivity contribution is 8.19. The maximum Gasteiger partial charge on any atom is 0.271 e. The Kier molecular flexibility index (Phi) is 8.52. The summed E-state index contributed by atoms with van der Waals surface area (Å²) in [6.45, 7) is 4.03. The molecule has 40 heavy (non-hydrogen) atoms. The summed E-state index contributed by atoms with van der Waals surface area (Å²) in [5.41, 5.74) is 4.44. The second-order valence-corrected chi connectivity index (χ2v) is 11.4. The zero-order valence-electron chi connectivity index (χ0n) is 21.4. The van der Waals surface area contributed by atoms with E-state index in [1.807, 2.05) is 38.1 Å². The van der Waals surface area contributed by atoms with Gasteiger partial charge in [0.15, 0.2) is 5.17 Å². The Morgan fingerprint density at radius 2 is 1.60 bits per heavy atom. The number of amidine groups is 1. The second kappa shape index (κ2) is 12.1. The van der Waals surface area contributed by atoms with Crippen molar-refractivity contribution in [3.63, 3.8) is 0 Å². The molecule has 4 aromatic rings. The van der Waals surface area contributed by atoms with Gasteiger partial charge in [-0.05, 0) is 103 Å². The van der Waals surface area contributed by atoms with Crippen LogP contribution < -0.4 is 9.64 Å². The zero-order chi connectivity index (χ0) is 28.4. The van der Waals surface area contributed by atoms with Crippen molar-refractivity contribution in [2.45, 2.75) is 20.5 Å². The Balaban J connectivity index is 1.53. The number of hydrogen-bond acceptors (Lipinski definition) is 4. The normalized spacial score (nSPS) is 15.3. The number of anilines is 1. The summed E-state index contributed by atoms with van der Waals surface area (Å²) in [4.78, 5) is 20.5. The van der Waals surface area contributed by atoms with Crippen LogP contribution in [-0.4, -0.2) is 11.1 Å². The number of amides is 1. The maximum absolute atomic E-state index is 13.8. The van der Waals surface area contributed by atoms with E-state index >= 15 is 0 Å². The molecule has 0 saturated carbocycles. The Morgan fingerprint density at radius 1 is 0.900 bits per heavy atom. The number of aliphatic imine (C=N–C) groups is 1. The van der Waals surface area contributed by atoms with Crippen LogP contribution in [0, 0.1) is 19.7 Å². The average molecular weight is 612 g/mol. The third kappa shape index (κ3) is 6.37. The van der Waals surface area contributed by atoms with Gasteiger partial charge in [-0.1, -0.05) is 59.1 Å². The van der Waals surface area contributed by atoms with Crippen molar-refractivity contribution in [3.05, 3.63) is 127 Å². The van der Waals surface area contributed by atoms with E-state index in [-0.39, 0.29) is 18.3 Å². The largest absolute Gasteiger partial charge is 0.488 e. The first-order chi connectivity index (χ1) is 19.2. The van der Waals surface area contributed by atoms with Gasteiger partial charge < -0.3 is 4.74 Å². The molecular weight excluding hydrogens is 590 g/mol. The van der Waals surface area contributed by atoms with Gasteiger partial charge in [-0.3, -0.25) is 9.69 Å². The number of thioether (sulfide) groups is 1. The number of ether oxygens (including phenoxy) is 1. The van der Waals surface area contributed by atoms with Crippen molar-refractivity contribution in [2.75, 3.05) is 4.90 Å². The molecule has 0 aliphatic carbocycles. The number of aryl methyl sites for hydroxylation is 2. The van der Waals surface area contributed by atoms with Gasteiger partial charge in [0.1, 0.15) is 18.2 Å². The molecule has 0 spiro atoms. The molecule has 1 aliphatic heterocycles. The molecule has 9 heteroatoms. The molecule has 0 aromatic heterocycles. The minimum Gasteiger partial charge on any atom is -0.488 e. The first kappa shape index (κ1) is 28.2. The van der Waals surface area contributed by atoms with Crippen molar-refractivity contribution < 1.29 is 13.9 Å². The van der Waals surface area contributed by atoms with Gasteiger partial charge in [-0.25, -0.2) is 9.38 Å². The number of nitrogens with zero attached hydrogens (tertiary/aromatic N) is 2. The topological polar surface area (TPSA) is 41.9 Å². The van der Waals surface area contributed by atoms with Gasteiger partial charge in [0.05, 0.1) is 16.3 Å². The van der Waals surface area contributed by atoms with Crippen LogP contribution >= 0.6 is 46.6 Å². The van der Waals surface area contributed by atoms with E-state index in [0.29, 0.717) is 47.8 Å². The molecule has 0 bridgehead atoms. The van der Waals surface area contributed by atoms with Crippen LogP contribution in [0.15, 0.2) is 88.8 Å². The van der Waals surface area contributed by atoms with E-state index in [0.717, 1.165) is 16.7 Å². The second-order valence-electron chi connectivity index (χ2n) is 9.11. The molecular formula is C31H22Cl3FN2O2S. The Morgan fingerprint density at radius 3 is 2.30 bits per heavy atom. The first-order valence-electron chi connectivity index (χ1n) is 12.2. The third-order valence-corrected chi connectivity index (χ3v) is 8.18. The summed E-state index contributed by atoms with van der Waals surface area (Å²) in [6, 6.07) is 22.2. The highest BCUT2D eigenvalue weighted by atomic mass is 35.5. The molecule has 4 nitrogen and oxygen atoms in total. The fourth-order valence-corrected chi connectivity index (χ4v) is 5.43. The SMILES string of the molecule is Cc1ccc(N=C2S/C(=C/c3cc(Cl)ccc3OCc3ccc(F)cc3)C(=O)N2c2ccc(C)c(Cl)c2)cc1Cl. The van der Waals surface area contributed by atoms with Gasteiger partial charge in [0.25, 0.3) is 5.91 Å². The highest BCUT2D eigenvalue weighted by Gasteiger charge is 2.35. The minimum atomic E-state index is -0.317. The molecule has 1 heterocycles. The number of carbonyl (C=O) groups is 1. The first-order valence-corrected chi connectivity index (χ1v) is 14.1. The van der Waals surface area contributed by atoms with Crippen LogP contribution in [-0.2, 0) is 11.4 Å². The molecule has 202 valence electrons. The van der Waals surface area contributed by atoms with Gasteiger partial charge in [0, 0.05) is 20.6 Å². The van der Waals surface area contributed by atoms with E-state index in [2.05, 4.69) is 0 Å². The molecule has 1 aliphatic rings. The van der Waals surface area contributed by atoms with Crippen LogP contribution in [0.4, 0.5) is 15.8 Å². The molecule has 0 N–H and O–H groups in total. The average Bonchev–Trinajstić information content (AvgIpc) is 3.22. The van der Waals surface area contributed by atoms with E-state index < -0.39 is 0 Å². The third-order valence-electron chi connectivity index (χ3n) is 6.17. The number of benzene rings is 4. The van der Waals surface area contributed by atoms with Crippen LogP contribution in [0.1, 0.15) is 22.3 Å². The van der Waals surface area contributed by atoms with Crippen molar-refractivity contribution in [1.82, 2.24) is 0 Å². The summed E-state index contributed by atoms with van der Waals surface area (Å²) >= 11 is 20.3. The molecule has 1 fully saturated rings. The van der Waals surface area contributed by atoms with Gasteiger partial charge in [-0.2, -0.15) is 0 Å². The Labute approximate surface area is 251 Å². The fourth-order valence-electron chi connectivity index (χ4n) is 3.91. The molecule has 0 unspecified atom stereocenters. The standard InChI is InChI=1S/C31H22Cl3FN2O2S/c1-18-3-10-24(15-26(18)33)36-31-37(25-11-4-19(2)27(34)16-25)30(38)29(40-31)14-21-13-22(32)7-12-28(21)39-17-20-5-8-23(35)9-6-20/h3-16H,17H2,1-2H3/b29-14+,36-31?. The lowest BCUT2D eigenvalue weighted by Gasteiger charge is -2.16. The summed E-state index contributed by atoms with van der Waals surface area (Å²) in [5.74, 6) is -0.0659. The smallest absolute Gasteiger partial charge is 0.271 e. The summed E-state index contributed by atoms with van der Waals surface area (Å²) in [7, 11) is 0. The van der Waals surface area contributed by atoms with Crippen molar-refractivity contribution in [1.29, 1.82) is 0 Å². The van der Waals surface area contributed by atoms with E-state index in [1.54, 1.807) is 48.5 Å². The predicted octanol–water partition coefficient (Wildman–Crippen LogP) is 9.79. The maximum atomic E-state index is 13.8. The fraction of sp³-hybridized carbons (Fsp3) is 0.0968. The molecule has 1 amide bonds. The Bertz CT molecular complexity index is 1670. The molecule has 5 rings (SSSR count). The molecule has 4 aromatic carbocycles. The predicted molar refractivity (Wildman–Crippen MR) is 165 cm³/mol. The lowest BCUT2D eigenvalue weighted by atomic mass is 10.1. The molecule has 0 radical (unpaired) electrons. The quantitative estimate of drug-likeness (QED) is 0.204. The van der Waals surface area contributed by atoms with Crippen LogP contribution in [0.5, 0.6) is 5.75 Å². The van der Waals surface area contributed by atoms with Crippen LogP contribution in [0.2, 0.25) is 15.1 Å². The van der Waals surface area contributed by atoms with E-state index in [1.165, 1.54) is 28.8 Å². The number of carbonyl (C=O) groups excluding carboxylic acids is 1. The lowest BCUT2D eigenvalue weighted by molar-refractivity contribution is -0.113. The summed E-state index contributed by atoms with van der Waals surface area (Å²) in [6.07, 6.45) is 1.73. The number of rotatable bonds is 6. The molecule has 1 saturated heterocycles. The van der Waals surface area contributed by atoms with Gasteiger partial charge in [-0.15, -0.1) is 0 Å². The summed E-state index contributed by atoms with van der Waals surface area (Å²) < 4.78 is 19.3. The van der Waals surface area contributed by atoms with Crippen molar-refractivity contribution >= 4 is 75.1 Å². The highest BCUT2D eigenvalue weighted by Crippen LogP contribution is 2.40. The molecule has 0 atom stereocenters. The Hall–Kier alpha value is -3.29. The van der Waals surface area contributed by atoms with E-state index in [4.69, 9.17) is 44.5 Å². The zero-order valence-corrected chi connectivity index (χ0v) is 24.5. The van der Waals surface area contributed by atoms with E-state index in [9.17, 15) is 9.18 Å².